The predicted octanol–water partition coefficient (Wildman–Crippen LogP) is 2.99. The van der Waals surface area contributed by atoms with Crippen molar-refractivity contribution in [1.82, 2.24) is 9.47 Å². The largest absolute Gasteiger partial charge is 0.492 e. The van der Waals surface area contributed by atoms with Crippen LogP contribution in [0.2, 0.25) is 0 Å². The number of aromatic carboxylic acids is 1. The lowest BCUT2D eigenvalue weighted by Gasteiger charge is -2.37. The number of halogens is 1. The van der Waals surface area contributed by atoms with Gasteiger partial charge in [0.05, 0.1) is 24.1 Å². The number of nitrogens with zero attached hydrogens (tertiary/aromatic N) is 3. The fourth-order valence-corrected chi connectivity index (χ4v) is 9.26. The van der Waals surface area contributed by atoms with Crippen molar-refractivity contribution in [2.75, 3.05) is 31.6 Å². The van der Waals surface area contributed by atoms with Crippen molar-refractivity contribution in [2.24, 2.45) is 5.92 Å². The standard InChI is InChI=1S/C30H34FN3O12P2S/c1-45-27-24-20(26(35)21(28(36)37)14-34(24)18-6-7-18)11-22(31)25(27)32-13-17-3-2-10-33(23(17)15-32)29(49)46-19-8-4-16(5-9-19)12-30(38,47(39,40)41)48(42,43)44/h4-5,8-9,11,14,17-18,23,38H,2-3,6-7,10,12-13,15H2,1H3,(H,36,37)(H2,39,40,41)(H2,42,43,44)/t17-,23+/m1/s1. The number of piperidine rings is 1. The van der Waals surface area contributed by atoms with Gasteiger partial charge in [0.2, 0.25) is 5.43 Å². The number of fused-ring (bicyclic) bond motifs is 2. The summed E-state index contributed by atoms with van der Waals surface area (Å²) in [6.07, 6.45) is 3.42. The van der Waals surface area contributed by atoms with E-state index >= 15 is 4.39 Å². The number of likely N-dealkylation sites (tertiary alicyclic amines) is 1. The Bertz CT molecular complexity index is 1970. The molecular weight excluding hydrogens is 707 g/mol. The lowest BCUT2D eigenvalue weighted by Crippen LogP contribution is -2.49. The Morgan fingerprint density at radius 1 is 1.08 bits per heavy atom. The van der Waals surface area contributed by atoms with E-state index in [0.29, 0.717) is 25.2 Å². The predicted molar refractivity (Wildman–Crippen MR) is 178 cm³/mol. The molecule has 2 aromatic carbocycles. The Morgan fingerprint density at radius 2 is 1.73 bits per heavy atom. The van der Waals surface area contributed by atoms with E-state index in [0.717, 1.165) is 31.7 Å². The summed E-state index contributed by atoms with van der Waals surface area (Å²) in [7, 11) is -9.89. The number of aliphatic hydroxyl groups is 1. The van der Waals surface area contributed by atoms with Crippen molar-refractivity contribution in [1.29, 1.82) is 0 Å². The van der Waals surface area contributed by atoms with E-state index in [-0.39, 0.29) is 51.3 Å². The second kappa shape index (κ2) is 12.7. The molecule has 0 unspecified atom stereocenters. The second-order valence-electron chi connectivity index (χ2n) is 12.6. The van der Waals surface area contributed by atoms with Crippen LogP contribution in [0.3, 0.4) is 0 Å². The molecule has 0 radical (unpaired) electrons. The molecule has 6 rings (SSSR count). The highest BCUT2D eigenvalue weighted by Crippen LogP contribution is 2.68. The van der Waals surface area contributed by atoms with Crippen LogP contribution >= 0.6 is 27.4 Å². The summed E-state index contributed by atoms with van der Waals surface area (Å²) in [6.45, 7) is 1.32. The van der Waals surface area contributed by atoms with Gasteiger partial charge in [-0.15, -0.1) is 0 Å². The molecule has 0 spiro atoms. The molecule has 0 bridgehead atoms. The molecule has 15 nitrogen and oxygen atoms in total. The summed E-state index contributed by atoms with van der Waals surface area (Å²) in [6, 6.07) is 6.19. The average Bonchev–Trinajstić information content (AvgIpc) is 3.78. The number of ether oxygens (including phenoxy) is 2. The van der Waals surface area contributed by atoms with Crippen molar-refractivity contribution in [3.63, 3.8) is 0 Å². The Labute approximate surface area is 283 Å². The van der Waals surface area contributed by atoms with Gasteiger partial charge in [0.25, 0.3) is 10.3 Å². The molecule has 1 aliphatic carbocycles. The summed E-state index contributed by atoms with van der Waals surface area (Å²) in [5, 5.41) is 16.3. The number of rotatable bonds is 9. The van der Waals surface area contributed by atoms with E-state index in [9.17, 15) is 48.5 Å². The summed E-state index contributed by atoms with van der Waals surface area (Å²) in [5.74, 6) is -1.70. The number of benzene rings is 2. The maximum absolute atomic E-state index is 16.0. The number of carboxylic acids is 1. The molecule has 3 fully saturated rings. The fourth-order valence-electron chi connectivity index (χ4n) is 6.80. The monoisotopic (exact) mass is 741 g/mol. The van der Waals surface area contributed by atoms with Gasteiger partial charge in [-0.3, -0.25) is 13.9 Å². The molecule has 3 aromatic rings. The average molecular weight is 742 g/mol. The molecule has 49 heavy (non-hydrogen) atoms. The third-order valence-electron chi connectivity index (χ3n) is 9.41. The first-order chi connectivity index (χ1) is 22.9. The van der Waals surface area contributed by atoms with Crippen molar-refractivity contribution < 1.29 is 57.6 Å². The Balaban J connectivity index is 1.24. The molecule has 2 aliphatic heterocycles. The van der Waals surface area contributed by atoms with E-state index in [1.54, 1.807) is 4.57 Å². The Morgan fingerprint density at radius 3 is 2.31 bits per heavy atom. The van der Waals surface area contributed by atoms with Crippen LogP contribution in [0, 0.1) is 11.7 Å². The molecule has 6 N–H and O–H groups in total. The highest BCUT2D eigenvalue weighted by molar-refractivity contribution is 7.80. The lowest BCUT2D eigenvalue weighted by molar-refractivity contribution is 0.0694. The number of thiocarbonyl (C=S) groups is 1. The molecule has 2 atom stereocenters. The Kier molecular flexibility index (Phi) is 9.21. The van der Waals surface area contributed by atoms with Crippen LogP contribution in [0.4, 0.5) is 10.1 Å². The number of hydrogen-bond acceptors (Lipinski definition) is 9. The van der Waals surface area contributed by atoms with E-state index in [4.69, 9.17) is 21.7 Å². The van der Waals surface area contributed by atoms with Crippen LogP contribution in [0.1, 0.15) is 47.6 Å². The summed E-state index contributed by atoms with van der Waals surface area (Å²) >= 11 is 5.65. The van der Waals surface area contributed by atoms with Crippen LogP contribution in [-0.2, 0) is 15.6 Å². The molecule has 0 amide bonds. The molecule has 2 saturated heterocycles. The fraction of sp³-hybridized carbons (Fsp3) is 0.433. The van der Waals surface area contributed by atoms with Gasteiger partial charge in [0.1, 0.15) is 17.0 Å². The van der Waals surface area contributed by atoms with Crippen LogP contribution < -0.4 is 19.8 Å². The summed E-state index contributed by atoms with van der Waals surface area (Å²) in [5.41, 5.74) is -0.711. The minimum atomic E-state index is -5.64. The maximum Gasteiger partial charge on any atom is 0.369 e. The first-order valence-electron chi connectivity index (χ1n) is 15.3. The second-order valence-corrected chi connectivity index (χ2v) is 16.9. The van der Waals surface area contributed by atoms with Gasteiger partial charge >= 0.3 is 21.2 Å². The van der Waals surface area contributed by atoms with Crippen molar-refractivity contribution in [3.05, 3.63) is 63.7 Å². The Hall–Kier alpha value is -3.40. The van der Waals surface area contributed by atoms with Crippen LogP contribution in [-0.4, -0.2) is 88.3 Å². The maximum atomic E-state index is 16.0. The van der Waals surface area contributed by atoms with Gasteiger partial charge in [-0.25, -0.2) is 9.18 Å². The van der Waals surface area contributed by atoms with Gasteiger partial charge in [-0.05, 0) is 67.6 Å². The number of pyridine rings is 1. The molecular formula is C30H34FN3O12P2S. The number of anilines is 1. The molecule has 19 heteroatoms. The third-order valence-corrected chi connectivity index (χ3v) is 13.5. The van der Waals surface area contributed by atoms with E-state index < -0.39 is 49.5 Å². The minimum absolute atomic E-state index is 0.0227. The van der Waals surface area contributed by atoms with E-state index in [2.05, 4.69) is 0 Å². The number of aromatic nitrogens is 1. The highest BCUT2D eigenvalue weighted by Gasteiger charge is 2.59. The first kappa shape index (κ1) is 35.4. The van der Waals surface area contributed by atoms with Gasteiger partial charge in [0.15, 0.2) is 11.6 Å². The molecule has 3 heterocycles. The topological polar surface area (TPSA) is 220 Å². The van der Waals surface area contributed by atoms with E-state index in [1.165, 1.54) is 37.6 Å². The number of hydrogen-bond donors (Lipinski definition) is 6. The molecule has 264 valence electrons. The van der Waals surface area contributed by atoms with Crippen molar-refractivity contribution >= 4 is 55.1 Å². The zero-order chi connectivity index (χ0) is 35.6. The van der Waals surface area contributed by atoms with Gasteiger partial charge < -0.3 is 53.6 Å². The SMILES string of the molecule is COc1c(N2C[C@H]3CCCN(C(=S)Oc4ccc(CC(O)(P(=O)(O)O)P(=O)(O)O)cc4)[C@H]3C2)c(F)cc2c(=O)c(C(=O)O)cn(C3CC3)c12. The number of carbonyl (C=O) groups is 1. The normalized spacial score (nSPS) is 20.0. The van der Waals surface area contributed by atoms with Gasteiger partial charge in [-0.1, -0.05) is 12.1 Å². The smallest absolute Gasteiger partial charge is 0.369 e. The molecule has 1 aromatic heterocycles. The third kappa shape index (κ3) is 6.38. The van der Waals surface area contributed by atoms with Crippen LogP contribution in [0.25, 0.3) is 10.9 Å². The van der Waals surface area contributed by atoms with Crippen LogP contribution in [0.15, 0.2) is 41.3 Å². The summed E-state index contributed by atoms with van der Waals surface area (Å²) < 4.78 is 52.8. The number of methoxy groups -OCH3 is 1. The van der Waals surface area contributed by atoms with Gasteiger partial charge in [0, 0.05) is 38.3 Å². The lowest BCUT2D eigenvalue weighted by atomic mass is 9.92. The van der Waals surface area contributed by atoms with E-state index in [1.807, 2.05) is 9.80 Å². The minimum Gasteiger partial charge on any atom is -0.492 e. The highest BCUT2D eigenvalue weighted by atomic mass is 32.1. The van der Waals surface area contributed by atoms with Crippen molar-refractivity contribution in [3.8, 4) is 11.5 Å². The molecule has 3 aliphatic rings. The zero-order valence-electron chi connectivity index (χ0n) is 26.0. The van der Waals surface area contributed by atoms with Crippen LogP contribution in [0.5, 0.6) is 11.5 Å². The van der Waals surface area contributed by atoms with Crippen molar-refractivity contribution in [2.45, 2.75) is 49.3 Å². The zero-order valence-corrected chi connectivity index (χ0v) is 28.6. The molecule has 1 saturated carbocycles. The first-order valence-corrected chi connectivity index (χ1v) is 18.9. The quantitative estimate of drug-likeness (QED) is 0.137. The van der Waals surface area contributed by atoms with Gasteiger partial charge in [-0.2, -0.15) is 0 Å². The number of carboxylic acid groups (broad SMARTS) is 1. The summed E-state index contributed by atoms with van der Waals surface area (Å²) in [4.78, 5) is 66.4.